The van der Waals surface area contributed by atoms with Crippen molar-refractivity contribution in [3.63, 3.8) is 0 Å². The predicted molar refractivity (Wildman–Crippen MR) is 50.4 cm³/mol. The number of rotatable bonds is 3. The molecule has 0 amide bonds. The Morgan fingerprint density at radius 3 is 2.54 bits per heavy atom. The van der Waals surface area contributed by atoms with Crippen LogP contribution in [0, 0.1) is 5.41 Å². The third kappa shape index (κ3) is 4.07. The fourth-order valence-electron chi connectivity index (χ4n) is 1.31. The van der Waals surface area contributed by atoms with Gasteiger partial charge in [-0.3, -0.25) is 0 Å². The number of ether oxygens (including phenoxy) is 2. The van der Waals surface area contributed by atoms with Crippen LogP contribution in [0.5, 0.6) is 0 Å². The van der Waals surface area contributed by atoms with Crippen LogP contribution in [0.4, 0.5) is 0 Å². The van der Waals surface area contributed by atoms with Crippen molar-refractivity contribution < 1.29 is 14.6 Å². The van der Waals surface area contributed by atoms with Crippen molar-refractivity contribution in [2.45, 2.75) is 46.0 Å². The highest BCUT2D eigenvalue weighted by Crippen LogP contribution is 2.25. The molecule has 0 radical (unpaired) electrons. The number of aliphatic hydroxyl groups excluding tert-OH is 1. The van der Waals surface area contributed by atoms with Crippen molar-refractivity contribution in [1.29, 1.82) is 0 Å². The first-order valence-electron chi connectivity index (χ1n) is 4.89. The molecule has 1 rings (SSSR count). The summed E-state index contributed by atoms with van der Waals surface area (Å²) in [6.07, 6.45) is 1.79. The maximum absolute atomic E-state index is 8.81. The van der Waals surface area contributed by atoms with E-state index in [2.05, 4.69) is 20.8 Å². The Hall–Kier alpha value is -0.120. The van der Waals surface area contributed by atoms with Crippen LogP contribution >= 0.6 is 0 Å². The molecular formula is C10H20O3. The smallest absolute Gasteiger partial charge is 0.158 e. The number of hydrogen-bond donors (Lipinski definition) is 1. The maximum atomic E-state index is 8.81. The Bertz CT molecular complexity index is 151. The summed E-state index contributed by atoms with van der Waals surface area (Å²) in [7, 11) is 0. The van der Waals surface area contributed by atoms with Crippen LogP contribution in [-0.2, 0) is 9.47 Å². The van der Waals surface area contributed by atoms with Crippen molar-refractivity contribution >= 4 is 0 Å². The van der Waals surface area contributed by atoms with Crippen molar-refractivity contribution in [3.8, 4) is 0 Å². The second kappa shape index (κ2) is 4.40. The Morgan fingerprint density at radius 1 is 1.38 bits per heavy atom. The Balaban J connectivity index is 2.17. The Morgan fingerprint density at radius 2 is 2.08 bits per heavy atom. The molecule has 78 valence electrons. The van der Waals surface area contributed by atoms with Gasteiger partial charge in [0.15, 0.2) is 6.29 Å². The zero-order chi connectivity index (χ0) is 9.90. The van der Waals surface area contributed by atoms with E-state index in [0.717, 1.165) is 12.8 Å². The lowest BCUT2D eigenvalue weighted by Gasteiger charge is -2.19. The molecule has 1 aliphatic heterocycles. The number of hydrogen-bond acceptors (Lipinski definition) is 3. The molecule has 0 aromatic rings. The first kappa shape index (κ1) is 11.0. The van der Waals surface area contributed by atoms with Gasteiger partial charge in [-0.25, -0.2) is 0 Å². The molecule has 0 aromatic carbocycles. The highest BCUT2D eigenvalue weighted by atomic mass is 16.7. The molecule has 0 aromatic heterocycles. The second-order valence-corrected chi connectivity index (χ2v) is 4.80. The Kier molecular flexibility index (Phi) is 3.71. The quantitative estimate of drug-likeness (QED) is 0.730. The van der Waals surface area contributed by atoms with E-state index in [1.807, 2.05) is 0 Å². The normalized spacial score (nSPS) is 29.5. The van der Waals surface area contributed by atoms with Crippen LogP contribution in [0.15, 0.2) is 0 Å². The van der Waals surface area contributed by atoms with Crippen LogP contribution in [0.2, 0.25) is 0 Å². The first-order chi connectivity index (χ1) is 6.01. The van der Waals surface area contributed by atoms with E-state index in [1.165, 1.54) is 0 Å². The lowest BCUT2D eigenvalue weighted by molar-refractivity contribution is -0.0738. The molecule has 13 heavy (non-hydrogen) atoms. The zero-order valence-electron chi connectivity index (χ0n) is 8.75. The molecular weight excluding hydrogens is 168 g/mol. The van der Waals surface area contributed by atoms with E-state index in [9.17, 15) is 0 Å². The summed E-state index contributed by atoms with van der Waals surface area (Å²) in [6.45, 7) is 7.19. The first-order valence-corrected chi connectivity index (χ1v) is 4.89. The highest BCUT2D eigenvalue weighted by Gasteiger charge is 2.26. The van der Waals surface area contributed by atoms with Gasteiger partial charge in [0, 0.05) is 0 Å². The molecule has 1 heterocycles. The van der Waals surface area contributed by atoms with Crippen molar-refractivity contribution in [3.05, 3.63) is 0 Å². The molecule has 1 aliphatic rings. The fourth-order valence-corrected chi connectivity index (χ4v) is 1.31. The van der Waals surface area contributed by atoms with Gasteiger partial charge in [-0.15, -0.1) is 0 Å². The highest BCUT2D eigenvalue weighted by molar-refractivity contribution is 4.68. The predicted octanol–water partition coefficient (Wildman–Crippen LogP) is 1.55. The van der Waals surface area contributed by atoms with E-state index in [1.54, 1.807) is 0 Å². The minimum absolute atomic E-state index is 0.0615. The molecule has 1 saturated heterocycles. The van der Waals surface area contributed by atoms with Gasteiger partial charge in [0.05, 0.1) is 13.2 Å². The van der Waals surface area contributed by atoms with Crippen LogP contribution in [0.3, 0.4) is 0 Å². The van der Waals surface area contributed by atoms with Gasteiger partial charge in [-0.2, -0.15) is 0 Å². The summed E-state index contributed by atoms with van der Waals surface area (Å²) in [5.74, 6) is 0. The molecule has 1 fully saturated rings. The van der Waals surface area contributed by atoms with Gasteiger partial charge in [-0.05, 0) is 18.3 Å². The summed E-state index contributed by atoms with van der Waals surface area (Å²) in [5.41, 5.74) is 0.323. The van der Waals surface area contributed by atoms with E-state index in [-0.39, 0.29) is 19.0 Å². The van der Waals surface area contributed by atoms with E-state index in [4.69, 9.17) is 14.6 Å². The maximum Gasteiger partial charge on any atom is 0.158 e. The van der Waals surface area contributed by atoms with Crippen LogP contribution < -0.4 is 0 Å². The van der Waals surface area contributed by atoms with Gasteiger partial charge >= 0.3 is 0 Å². The summed E-state index contributed by atoms with van der Waals surface area (Å²) in [4.78, 5) is 0. The molecule has 0 aliphatic carbocycles. The SMILES string of the molecule is CC(C)(C)CCC1OCC(CO)O1. The van der Waals surface area contributed by atoms with Crippen LogP contribution in [0.25, 0.3) is 0 Å². The largest absolute Gasteiger partial charge is 0.394 e. The van der Waals surface area contributed by atoms with Gasteiger partial charge in [-0.1, -0.05) is 20.8 Å². The lowest BCUT2D eigenvalue weighted by atomic mass is 9.90. The van der Waals surface area contributed by atoms with E-state index in [0.29, 0.717) is 12.0 Å². The Labute approximate surface area is 80.0 Å². The summed E-state index contributed by atoms with van der Waals surface area (Å²) >= 11 is 0. The second-order valence-electron chi connectivity index (χ2n) is 4.80. The molecule has 0 bridgehead atoms. The van der Waals surface area contributed by atoms with Crippen molar-refractivity contribution in [2.75, 3.05) is 13.2 Å². The third-order valence-electron chi connectivity index (χ3n) is 2.15. The van der Waals surface area contributed by atoms with Gasteiger partial charge < -0.3 is 14.6 Å². The number of aliphatic hydroxyl groups is 1. The molecule has 3 heteroatoms. The van der Waals surface area contributed by atoms with E-state index >= 15 is 0 Å². The topological polar surface area (TPSA) is 38.7 Å². The average molecular weight is 188 g/mol. The summed E-state index contributed by atoms with van der Waals surface area (Å²) in [5, 5.41) is 8.81. The van der Waals surface area contributed by atoms with Crippen LogP contribution in [0.1, 0.15) is 33.6 Å². The standard InChI is InChI=1S/C10H20O3/c1-10(2,3)5-4-9-12-7-8(6-11)13-9/h8-9,11H,4-7H2,1-3H3. The van der Waals surface area contributed by atoms with Gasteiger partial charge in [0.25, 0.3) is 0 Å². The third-order valence-corrected chi connectivity index (χ3v) is 2.15. The van der Waals surface area contributed by atoms with Gasteiger partial charge in [0.1, 0.15) is 6.10 Å². The summed E-state index contributed by atoms with van der Waals surface area (Å²) < 4.78 is 10.8. The fraction of sp³-hybridized carbons (Fsp3) is 1.00. The molecule has 3 nitrogen and oxygen atoms in total. The van der Waals surface area contributed by atoms with E-state index < -0.39 is 0 Å². The lowest BCUT2D eigenvalue weighted by Crippen LogP contribution is -2.17. The zero-order valence-corrected chi connectivity index (χ0v) is 8.75. The molecule has 0 saturated carbocycles. The minimum Gasteiger partial charge on any atom is -0.394 e. The molecule has 2 unspecified atom stereocenters. The van der Waals surface area contributed by atoms with Crippen molar-refractivity contribution in [1.82, 2.24) is 0 Å². The molecule has 0 spiro atoms. The van der Waals surface area contributed by atoms with Gasteiger partial charge in [0.2, 0.25) is 0 Å². The van der Waals surface area contributed by atoms with Crippen molar-refractivity contribution in [2.24, 2.45) is 5.41 Å². The molecule has 2 atom stereocenters. The molecule has 1 N–H and O–H groups in total. The minimum atomic E-state index is -0.107. The van der Waals surface area contributed by atoms with Crippen LogP contribution in [-0.4, -0.2) is 30.7 Å². The monoisotopic (exact) mass is 188 g/mol. The average Bonchev–Trinajstić information content (AvgIpc) is 2.47. The summed E-state index contributed by atoms with van der Waals surface area (Å²) in [6, 6.07) is 0.